The van der Waals surface area contributed by atoms with Crippen molar-refractivity contribution < 1.29 is 23.7 Å². The van der Waals surface area contributed by atoms with Crippen LogP contribution in [0.3, 0.4) is 0 Å². The van der Waals surface area contributed by atoms with Crippen LogP contribution < -0.4 is 29.4 Å². The maximum Gasteiger partial charge on any atom is 0.308 e. The minimum Gasteiger partial charge on any atom is -0.493 e. The number of hydrogen-bond donors (Lipinski definition) is 1. The van der Waals surface area contributed by atoms with Gasteiger partial charge < -0.3 is 28.7 Å². The van der Waals surface area contributed by atoms with Gasteiger partial charge in [0, 0.05) is 38.7 Å². The fourth-order valence-corrected chi connectivity index (χ4v) is 3.93. The number of anilines is 3. The molecule has 35 heavy (non-hydrogen) atoms. The number of nitrogens with one attached hydrogen (secondary N) is 1. The summed E-state index contributed by atoms with van der Waals surface area (Å²) in [5.41, 5.74) is 3.60. The van der Waals surface area contributed by atoms with Gasteiger partial charge in [-0.2, -0.15) is 20.1 Å². The van der Waals surface area contributed by atoms with Crippen LogP contribution in [0.25, 0.3) is 0 Å². The number of hydrazone groups is 1. The van der Waals surface area contributed by atoms with Gasteiger partial charge in [0.2, 0.25) is 23.6 Å². The van der Waals surface area contributed by atoms with Gasteiger partial charge in [-0.1, -0.05) is 0 Å². The van der Waals surface area contributed by atoms with Gasteiger partial charge in [-0.05, 0) is 31.4 Å². The smallest absolute Gasteiger partial charge is 0.308 e. The van der Waals surface area contributed by atoms with E-state index in [9.17, 15) is 4.79 Å². The summed E-state index contributed by atoms with van der Waals surface area (Å²) in [6.07, 6.45) is 5.04. The lowest BCUT2D eigenvalue weighted by Gasteiger charge is -2.30. The summed E-state index contributed by atoms with van der Waals surface area (Å²) in [5.74, 6) is 2.05. The lowest BCUT2D eigenvalue weighted by molar-refractivity contribution is -0.132. The molecule has 3 heterocycles. The number of esters is 1. The molecule has 0 spiro atoms. The standard InChI is InChI=1S/C23H31N7O5/c1-16(31)35-20-18(32-2)13-17(14-19(20)33-3)15-24-28-21-25-22(29-7-5-4-6-8-29)27-23(26-21)30-9-11-34-12-10-30/h13-15H,4-12H2,1-3H3,(H,25,26,27,28)/b24-15-. The van der Waals surface area contributed by atoms with Crippen LogP contribution in [0.2, 0.25) is 0 Å². The molecule has 1 N–H and O–H groups in total. The summed E-state index contributed by atoms with van der Waals surface area (Å²) in [5, 5.41) is 4.32. The molecule has 0 saturated carbocycles. The Morgan fingerprint density at radius 1 is 0.971 bits per heavy atom. The SMILES string of the molecule is COc1cc(/C=N\Nc2nc(N3CCCCC3)nc(N3CCOCC3)n2)cc(OC)c1OC(C)=O. The first-order valence-electron chi connectivity index (χ1n) is 11.6. The maximum atomic E-state index is 11.4. The van der Waals surface area contributed by atoms with Gasteiger partial charge in [0.1, 0.15) is 0 Å². The topological polar surface area (TPSA) is 124 Å². The van der Waals surface area contributed by atoms with Crippen LogP contribution in [-0.2, 0) is 9.53 Å². The molecular formula is C23H31N7O5. The lowest BCUT2D eigenvalue weighted by atomic mass is 10.1. The molecule has 2 saturated heterocycles. The molecule has 0 bridgehead atoms. The zero-order chi connectivity index (χ0) is 24.6. The molecule has 0 aliphatic carbocycles. The van der Waals surface area contributed by atoms with Gasteiger partial charge in [0.15, 0.2) is 11.5 Å². The predicted molar refractivity (Wildman–Crippen MR) is 131 cm³/mol. The van der Waals surface area contributed by atoms with Crippen molar-refractivity contribution in [2.45, 2.75) is 26.2 Å². The molecule has 188 valence electrons. The van der Waals surface area contributed by atoms with Crippen LogP contribution in [0.15, 0.2) is 17.2 Å². The second-order valence-corrected chi connectivity index (χ2v) is 8.12. The molecule has 0 atom stereocenters. The Balaban J connectivity index is 1.57. The van der Waals surface area contributed by atoms with Crippen molar-refractivity contribution in [3.05, 3.63) is 17.7 Å². The van der Waals surface area contributed by atoms with Crippen molar-refractivity contribution in [3.63, 3.8) is 0 Å². The minimum absolute atomic E-state index is 0.214. The second-order valence-electron chi connectivity index (χ2n) is 8.12. The molecule has 0 amide bonds. The normalized spacial score (nSPS) is 16.3. The number of nitrogens with zero attached hydrogens (tertiary/aromatic N) is 6. The fourth-order valence-electron chi connectivity index (χ4n) is 3.93. The first-order chi connectivity index (χ1) is 17.1. The number of piperidine rings is 1. The largest absolute Gasteiger partial charge is 0.493 e. The average molecular weight is 486 g/mol. The summed E-state index contributed by atoms with van der Waals surface area (Å²) in [4.78, 5) is 29.7. The van der Waals surface area contributed by atoms with Crippen molar-refractivity contribution >= 4 is 30.0 Å². The van der Waals surface area contributed by atoms with E-state index in [1.807, 2.05) is 0 Å². The van der Waals surface area contributed by atoms with Gasteiger partial charge in [-0.3, -0.25) is 4.79 Å². The number of carbonyl (C=O) groups excluding carboxylic acids is 1. The van der Waals surface area contributed by atoms with Gasteiger partial charge in [-0.15, -0.1) is 0 Å². The van der Waals surface area contributed by atoms with Crippen LogP contribution in [0.4, 0.5) is 17.8 Å². The van der Waals surface area contributed by atoms with E-state index < -0.39 is 5.97 Å². The molecule has 0 radical (unpaired) electrons. The van der Waals surface area contributed by atoms with E-state index in [1.54, 1.807) is 18.3 Å². The highest BCUT2D eigenvalue weighted by molar-refractivity contribution is 5.83. The van der Waals surface area contributed by atoms with Crippen molar-refractivity contribution in [2.24, 2.45) is 5.10 Å². The zero-order valence-corrected chi connectivity index (χ0v) is 20.3. The van der Waals surface area contributed by atoms with Gasteiger partial charge in [-0.25, -0.2) is 5.43 Å². The lowest BCUT2D eigenvalue weighted by Crippen LogP contribution is -2.38. The molecule has 12 heteroatoms. The molecule has 4 rings (SSSR count). The summed E-state index contributed by atoms with van der Waals surface area (Å²) in [6, 6.07) is 3.38. The van der Waals surface area contributed by atoms with Gasteiger partial charge in [0.25, 0.3) is 0 Å². The minimum atomic E-state index is -0.472. The van der Waals surface area contributed by atoms with Gasteiger partial charge >= 0.3 is 5.97 Å². The number of carbonyl (C=O) groups is 1. The van der Waals surface area contributed by atoms with Crippen molar-refractivity contribution in [1.82, 2.24) is 15.0 Å². The van der Waals surface area contributed by atoms with E-state index in [-0.39, 0.29) is 5.75 Å². The third-order valence-corrected chi connectivity index (χ3v) is 5.65. The molecule has 1 aromatic carbocycles. The van der Waals surface area contributed by atoms with Crippen LogP contribution >= 0.6 is 0 Å². The van der Waals surface area contributed by atoms with Crippen LogP contribution in [-0.4, -0.2) is 80.7 Å². The highest BCUT2D eigenvalue weighted by Crippen LogP contribution is 2.38. The summed E-state index contributed by atoms with van der Waals surface area (Å²) in [6.45, 7) is 5.88. The van der Waals surface area contributed by atoms with Gasteiger partial charge in [0.05, 0.1) is 33.6 Å². The number of benzene rings is 1. The predicted octanol–water partition coefficient (Wildman–Crippen LogP) is 2.09. The Kier molecular flexibility index (Phi) is 8.14. The van der Waals surface area contributed by atoms with Crippen molar-refractivity contribution in [3.8, 4) is 17.2 Å². The number of morpholine rings is 1. The quantitative estimate of drug-likeness (QED) is 0.256. The molecule has 0 unspecified atom stereocenters. The molecule has 1 aromatic heterocycles. The Hall–Kier alpha value is -3.67. The number of aromatic nitrogens is 3. The van der Waals surface area contributed by atoms with E-state index in [1.165, 1.54) is 27.6 Å². The second kappa shape index (κ2) is 11.6. The first kappa shape index (κ1) is 24.5. The zero-order valence-electron chi connectivity index (χ0n) is 20.3. The summed E-state index contributed by atoms with van der Waals surface area (Å²) < 4.78 is 21.4. The Labute approximate surface area is 204 Å². The van der Waals surface area contributed by atoms with Crippen LogP contribution in [0.5, 0.6) is 17.2 Å². The molecule has 2 aliphatic rings. The molecule has 2 aliphatic heterocycles. The van der Waals surface area contributed by atoms with Crippen LogP contribution in [0.1, 0.15) is 31.7 Å². The number of methoxy groups -OCH3 is 2. The Morgan fingerprint density at radius 3 is 2.14 bits per heavy atom. The summed E-state index contributed by atoms with van der Waals surface area (Å²) in [7, 11) is 2.97. The van der Waals surface area contributed by atoms with E-state index in [2.05, 4.69) is 30.3 Å². The van der Waals surface area contributed by atoms with Crippen molar-refractivity contribution in [1.29, 1.82) is 0 Å². The third kappa shape index (κ3) is 6.27. The molecule has 2 fully saturated rings. The highest BCUT2D eigenvalue weighted by Gasteiger charge is 2.20. The molecular weight excluding hydrogens is 454 g/mol. The summed E-state index contributed by atoms with van der Waals surface area (Å²) >= 11 is 0. The highest BCUT2D eigenvalue weighted by atomic mass is 16.6. The molecule has 12 nitrogen and oxygen atoms in total. The Morgan fingerprint density at radius 2 is 1.57 bits per heavy atom. The van der Waals surface area contributed by atoms with Crippen LogP contribution in [0, 0.1) is 0 Å². The van der Waals surface area contributed by atoms with E-state index in [0.717, 1.165) is 39.0 Å². The van der Waals surface area contributed by atoms with E-state index in [0.29, 0.717) is 48.1 Å². The van der Waals surface area contributed by atoms with Crippen molar-refractivity contribution in [2.75, 3.05) is 68.8 Å². The maximum absolute atomic E-state index is 11.4. The number of ether oxygens (including phenoxy) is 4. The van der Waals surface area contributed by atoms with E-state index in [4.69, 9.17) is 23.9 Å². The number of hydrogen-bond acceptors (Lipinski definition) is 12. The third-order valence-electron chi connectivity index (χ3n) is 5.65. The fraction of sp³-hybridized carbons (Fsp3) is 0.522. The monoisotopic (exact) mass is 485 g/mol. The number of rotatable bonds is 8. The van der Waals surface area contributed by atoms with E-state index >= 15 is 0 Å². The first-order valence-corrected chi connectivity index (χ1v) is 11.6. The Bertz CT molecular complexity index is 991. The average Bonchev–Trinajstić information content (AvgIpc) is 2.89. The molecule has 2 aromatic rings.